The molecule has 0 N–H and O–H groups in total. The Labute approximate surface area is 270 Å². The molecule has 3 aromatic rings. The van der Waals surface area contributed by atoms with Gasteiger partial charge < -0.3 is 9.74 Å². The molecule has 5 rings (SSSR count). The highest BCUT2D eigenvalue weighted by Gasteiger charge is 2.43. The van der Waals surface area contributed by atoms with E-state index < -0.39 is 0 Å². The molecule has 0 bridgehead atoms. The minimum atomic E-state index is -0.101. The fourth-order valence-electron chi connectivity index (χ4n) is 6.70. The van der Waals surface area contributed by atoms with Crippen molar-refractivity contribution in [1.82, 2.24) is 0 Å². The second-order valence-corrected chi connectivity index (χ2v) is 13.1. The summed E-state index contributed by atoms with van der Waals surface area (Å²) in [4.78, 5) is 8.51. The molecule has 0 saturated carbocycles. The molecule has 0 radical (unpaired) electrons. The minimum Gasteiger partial charge on any atom is -0.357 e. The molecule has 45 heavy (non-hydrogen) atoms. The monoisotopic (exact) mass is 598 g/mol. The van der Waals surface area contributed by atoms with Crippen molar-refractivity contribution in [2.45, 2.75) is 73.1 Å². The number of rotatable bonds is 9. The average Bonchev–Trinajstić information content (AvgIpc) is 3.37. The zero-order chi connectivity index (χ0) is 32.4. The van der Waals surface area contributed by atoms with Crippen LogP contribution in [-0.4, -0.2) is 29.1 Å². The summed E-state index contributed by atoms with van der Waals surface area (Å²) < 4.78 is 2.42. The van der Waals surface area contributed by atoms with Gasteiger partial charge in [0.25, 0.3) is 0 Å². The lowest BCUT2D eigenvalue weighted by Crippen LogP contribution is -2.27. The van der Waals surface area contributed by atoms with Crippen LogP contribution in [0.25, 0.3) is 0 Å². The van der Waals surface area contributed by atoms with Gasteiger partial charge in [0.15, 0.2) is 11.5 Å². The van der Waals surface area contributed by atoms with Crippen molar-refractivity contribution in [3.8, 4) is 0 Å². The molecular weight excluding hydrogens is 550 g/mol. The summed E-state index contributed by atoms with van der Waals surface area (Å²) in [6.07, 6.45) is 12.7. The molecule has 4 heteroatoms. The van der Waals surface area contributed by atoms with Crippen LogP contribution in [0.4, 0.5) is 11.4 Å². The molecule has 2 aliphatic rings. The predicted octanol–water partition coefficient (Wildman–Crippen LogP) is 9.84. The van der Waals surface area contributed by atoms with Crippen molar-refractivity contribution in [2.24, 2.45) is 5.16 Å². The summed E-state index contributed by atoms with van der Waals surface area (Å²) >= 11 is 0. The molecule has 0 unspecified atom stereocenters. The molecule has 0 spiro atoms. The van der Waals surface area contributed by atoms with Crippen LogP contribution in [0, 0.1) is 13.8 Å². The van der Waals surface area contributed by atoms with E-state index in [1.54, 1.807) is 0 Å². The van der Waals surface area contributed by atoms with Gasteiger partial charge in [-0.1, -0.05) is 90.8 Å². The fraction of sp³-hybridized carbons (Fsp3) is 0.317. The Morgan fingerprint density at radius 3 is 2.24 bits per heavy atom. The number of hydrogen-bond acceptors (Lipinski definition) is 3. The molecule has 3 aromatic carbocycles. The van der Waals surface area contributed by atoms with Gasteiger partial charge in [-0.05, 0) is 90.0 Å². The minimum absolute atomic E-state index is 0.101. The number of oxime groups is 1. The molecule has 2 heterocycles. The van der Waals surface area contributed by atoms with E-state index in [1.807, 2.05) is 49.4 Å². The van der Waals surface area contributed by atoms with Crippen LogP contribution in [0.2, 0.25) is 0 Å². The maximum Gasteiger partial charge on any atom is 0.209 e. The third-order valence-corrected chi connectivity index (χ3v) is 9.24. The number of likely N-dealkylation sites (N-methyl/N-ethyl adjacent to an activating group) is 1. The molecule has 4 nitrogen and oxygen atoms in total. The summed E-state index contributed by atoms with van der Waals surface area (Å²) in [5.74, 6) is 0.665. The van der Waals surface area contributed by atoms with Gasteiger partial charge in [-0.2, -0.15) is 4.58 Å². The lowest BCUT2D eigenvalue weighted by Gasteiger charge is -2.25. The quantitative estimate of drug-likeness (QED) is 0.0806. The Hall–Kier alpha value is -4.44. The van der Waals surface area contributed by atoms with E-state index in [2.05, 4.69) is 131 Å². The maximum absolute atomic E-state index is 6.10. The summed E-state index contributed by atoms with van der Waals surface area (Å²) in [6.45, 7) is 21.8. The van der Waals surface area contributed by atoms with Crippen molar-refractivity contribution < 1.29 is 9.41 Å². The molecule has 0 atom stereocenters. The predicted molar refractivity (Wildman–Crippen MR) is 191 cm³/mol. The van der Waals surface area contributed by atoms with Crippen molar-refractivity contribution in [3.05, 3.63) is 142 Å². The van der Waals surface area contributed by atoms with Crippen LogP contribution < -0.4 is 4.90 Å². The van der Waals surface area contributed by atoms with E-state index in [0.29, 0.717) is 5.76 Å². The number of hydrogen-bond donors (Lipinski definition) is 0. The molecule has 0 fully saturated rings. The first-order valence-electron chi connectivity index (χ1n) is 16.2. The maximum atomic E-state index is 6.10. The Balaban J connectivity index is 1.49. The lowest BCUT2D eigenvalue weighted by molar-refractivity contribution is -0.433. The Morgan fingerprint density at radius 1 is 0.867 bits per heavy atom. The first kappa shape index (κ1) is 32.0. The fourth-order valence-corrected chi connectivity index (χ4v) is 6.70. The van der Waals surface area contributed by atoms with Crippen molar-refractivity contribution in [2.75, 3.05) is 18.0 Å². The van der Waals surface area contributed by atoms with Gasteiger partial charge in [0.2, 0.25) is 5.69 Å². The molecule has 0 saturated heterocycles. The van der Waals surface area contributed by atoms with Crippen LogP contribution in [0.15, 0.2) is 120 Å². The van der Waals surface area contributed by atoms with Gasteiger partial charge in [-0.15, -0.1) is 0 Å². The molecule has 0 aromatic heterocycles. The Morgan fingerprint density at radius 2 is 1.56 bits per heavy atom. The number of aryl methyl sites for hydroxylation is 2. The number of allylic oxidation sites excluding steroid dienone is 7. The van der Waals surface area contributed by atoms with Crippen LogP contribution in [0.5, 0.6) is 0 Å². The van der Waals surface area contributed by atoms with Crippen molar-refractivity contribution in [1.29, 1.82) is 0 Å². The molecule has 0 amide bonds. The van der Waals surface area contributed by atoms with Gasteiger partial charge in [-0.3, -0.25) is 0 Å². The second-order valence-electron chi connectivity index (χ2n) is 13.1. The van der Waals surface area contributed by atoms with Crippen LogP contribution in [0.1, 0.15) is 76.3 Å². The SMILES string of the molecule is CCN1/C(=C/C=C/C(=C/C=C/C2=[N+](CC)c3ccc(C)cc3C2(C)C)O/N=C(/C)c2ccccc2)C(C)(C)c2cc(C)ccc21. The van der Waals surface area contributed by atoms with E-state index in [-0.39, 0.29) is 10.8 Å². The van der Waals surface area contributed by atoms with E-state index in [1.165, 1.54) is 45.0 Å². The van der Waals surface area contributed by atoms with Gasteiger partial charge in [0, 0.05) is 41.1 Å². The Bertz CT molecular complexity index is 1760. The normalized spacial score (nSPS) is 18.4. The standard InChI is InChI=1S/C41H48N3O/c1-10-43-36-25-23-29(3)27-34(36)40(6,7)38(43)21-15-19-33(45-42-31(5)32-17-13-12-14-18-32)20-16-22-39-41(8,9)35-28-30(4)24-26-37(35)44(39)11-2/h12-28H,10-11H2,1-9H3/q+1/b42-31-. The van der Waals surface area contributed by atoms with Gasteiger partial charge >= 0.3 is 0 Å². The van der Waals surface area contributed by atoms with Crippen molar-refractivity contribution in [3.63, 3.8) is 0 Å². The average molecular weight is 599 g/mol. The van der Waals surface area contributed by atoms with Crippen LogP contribution >= 0.6 is 0 Å². The first-order chi connectivity index (χ1) is 21.5. The number of fused-ring (bicyclic) bond motifs is 2. The summed E-state index contributed by atoms with van der Waals surface area (Å²) in [7, 11) is 0. The third-order valence-electron chi connectivity index (χ3n) is 9.24. The molecular formula is C41H48N3O+. The third kappa shape index (κ3) is 6.24. The van der Waals surface area contributed by atoms with E-state index in [0.717, 1.165) is 24.4 Å². The van der Waals surface area contributed by atoms with Crippen LogP contribution in [0.3, 0.4) is 0 Å². The lowest BCUT2D eigenvalue weighted by atomic mass is 9.81. The molecule has 232 valence electrons. The van der Waals surface area contributed by atoms with Gasteiger partial charge in [-0.25, -0.2) is 0 Å². The Kier molecular flexibility index (Phi) is 9.16. The highest BCUT2D eigenvalue weighted by Crippen LogP contribution is 2.48. The summed E-state index contributed by atoms with van der Waals surface area (Å²) in [5.41, 5.74) is 12.1. The zero-order valence-electron chi connectivity index (χ0n) is 28.5. The largest absolute Gasteiger partial charge is 0.357 e. The van der Waals surface area contributed by atoms with Crippen molar-refractivity contribution >= 4 is 22.8 Å². The van der Waals surface area contributed by atoms with Gasteiger partial charge in [0.1, 0.15) is 6.54 Å². The smallest absolute Gasteiger partial charge is 0.209 e. The number of nitrogens with zero attached hydrogens (tertiary/aromatic N) is 3. The number of anilines is 1. The summed E-state index contributed by atoms with van der Waals surface area (Å²) in [5, 5.41) is 4.51. The van der Waals surface area contributed by atoms with Crippen LogP contribution in [-0.2, 0) is 15.7 Å². The van der Waals surface area contributed by atoms with E-state index in [4.69, 9.17) is 4.84 Å². The molecule has 2 aliphatic heterocycles. The summed E-state index contributed by atoms with van der Waals surface area (Å²) in [6, 6.07) is 23.7. The second kappa shape index (κ2) is 12.9. The zero-order valence-corrected chi connectivity index (χ0v) is 28.5. The topological polar surface area (TPSA) is 27.8 Å². The van der Waals surface area contributed by atoms with Gasteiger partial charge in [0.05, 0.1) is 11.1 Å². The first-order valence-corrected chi connectivity index (χ1v) is 16.2. The van der Waals surface area contributed by atoms with E-state index >= 15 is 0 Å². The highest BCUT2D eigenvalue weighted by atomic mass is 16.6. The highest BCUT2D eigenvalue weighted by molar-refractivity contribution is 6.03. The molecule has 0 aliphatic carbocycles. The number of benzene rings is 3. The van der Waals surface area contributed by atoms with E-state index in [9.17, 15) is 0 Å².